The van der Waals surface area contributed by atoms with E-state index in [4.69, 9.17) is 5.26 Å². The molecule has 0 aliphatic heterocycles. The lowest BCUT2D eigenvalue weighted by Gasteiger charge is -2.07. The highest BCUT2D eigenvalue weighted by Gasteiger charge is 2.11. The predicted molar refractivity (Wildman–Crippen MR) is 80.2 cm³/mol. The van der Waals surface area contributed by atoms with Crippen LogP contribution < -0.4 is 5.32 Å². The zero-order valence-corrected chi connectivity index (χ0v) is 12.1. The van der Waals surface area contributed by atoms with Crippen LogP contribution in [0.15, 0.2) is 36.4 Å². The van der Waals surface area contributed by atoms with E-state index in [2.05, 4.69) is 5.32 Å². The zero-order valence-electron chi connectivity index (χ0n) is 9.93. The van der Waals surface area contributed by atoms with E-state index in [0.717, 1.165) is 0 Å². The lowest BCUT2D eigenvalue weighted by atomic mass is 10.2. The highest BCUT2D eigenvalue weighted by atomic mass is 127. The minimum atomic E-state index is -0.587. The summed E-state index contributed by atoms with van der Waals surface area (Å²) in [5, 5.41) is 22.4. The molecule has 7 heteroatoms. The van der Waals surface area contributed by atoms with Crippen molar-refractivity contribution in [1.29, 1.82) is 5.26 Å². The van der Waals surface area contributed by atoms with Crippen LogP contribution in [0.4, 0.5) is 21.5 Å². The molecule has 0 fully saturated rings. The van der Waals surface area contributed by atoms with Gasteiger partial charge in [0, 0.05) is 17.4 Å². The van der Waals surface area contributed by atoms with Gasteiger partial charge in [0.1, 0.15) is 11.9 Å². The van der Waals surface area contributed by atoms with Crippen molar-refractivity contribution < 1.29 is 9.31 Å². The third-order valence-electron chi connectivity index (χ3n) is 2.52. The van der Waals surface area contributed by atoms with Crippen LogP contribution in [0.25, 0.3) is 0 Å². The molecule has 0 heterocycles. The second kappa shape index (κ2) is 5.83. The molecule has 0 aromatic heterocycles. The number of nitrogens with zero attached hydrogens (tertiary/aromatic N) is 2. The number of nitriles is 1. The standard InChI is InChI=1S/C13H7FIN3O2/c14-11-3-1-9(5-8(11)7-16)17-10-2-4-13(18(19)20)12(15)6-10/h1-6,17H. The Balaban J connectivity index is 2.29. The second-order valence-corrected chi connectivity index (χ2v) is 5.02. The summed E-state index contributed by atoms with van der Waals surface area (Å²) in [4.78, 5) is 10.3. The average molecular weight is 383 g/mol. The molecule has 2 rings (SSSR count). The van der Waals surface area contributed by atoms with Crippen LogP contribution in [0, 0.1) is 30.8 Å². The molecule has 5 nitrogen and oxygen atoms in total. The van der Waals surface area contributed by atoms with Crippen LogP contribution in [-0.4, -0.2) is 4.92 Å². The Morgan fingerprint density at radius 1 is 1.25 bits per heavy atom. The molecule has 0 saturated heterocycles. The SMILES string of the molecule is N#Cc1cc(Nc2ccc([N+](=O)[O-])c(I)c2)ccc1F. The van der Waals surface area contributed by atoms with Gasteiger partial charge in [-0.1, -0.05) is 0 Å². The molecule has 0 atom stereocenters. The minimum absolute atomic E-state index is 0.0213. The lowest BCUT2D eigenvalue weighted by Crippen LogP contribution is -1.96. The predicted octanol–water partition coefficient (Wildman–Crippen LogP) is 3.95. The van der Waals surface area contributed by atoms with Crippen molar-refractivity contribution in [2.75, 3.05) is 5.32 Å². The fraction of sp³-hybridized carbons (Fsp3) is 0. The van der Waals surface area contributed by atoms with Crippen LogP contribution in [0.3, 0.4) is 0 Å². The van der Waals surface area contributed by atoms with Crippen molar-refractivity contribution in [2.45, 2.75) is 0 Å². The summed E-state index contributed by atoms with van der Waals surface area (Å²) in [5.74, 6) is -0.587. The summed E-state index contributed by atoms with van der Waals surface area (Å²) < 4.78 is 13.7. The topological polar surface area (TPSA) is 79.0 Å². The fourth-order valence-corrected chi connectivity index (χ4v) is 2.30. The van der Waals surface area contributed by atoms with Gasteiger partial charge in [0.25, 0.3) is 5.69 Å². The highest BCUT2D eigenvalue weighted by Crippen LogP contribution is 2.26. The van der Waals surface area contributed by atoms with E-state index in [1.807, 2.05) is 22.6 Å². The molecule has 0 saturated carbocycles. The largest absolute Gasteiger partial charge is 0.355 e. The highest BCUT2D eigenvalue weighted by molar-refractivity contribution is 14.1. The Kier molecular flexibility index (Phi) is 4.14. The maximum Gasteiger partial charge on any atom is 0.282 e. The van der Waals surface area contributed by atoms with E-state index < -0.39 is 10.7 Å². The van der Waals surface area contributed by atoms with E-state index >= 15 is 0 Å². The van der Waals surface area contributed by atoms with Crippen molar-refractivity contribution in [2.24, 2.45) is 0 Å². The number of anilines is 2. The third kappa shape index (κ3) is 3.03. The molecule has 2 aromatic carbocycles. The second-order valence-electron chi connectivity index (χ2n) is 3.85. The number of nitrogens with one attached hydrogen (secondary N) is 1. The van der Waals surface area contributed by atoms with Gasteiger partial charge in [0.2, 0.25) is 0 Å². The van der Waals surface area contributed by atoms with Crippen molar-refractivity contribution in [3.8, 4) is 6.07 Å². The Bertz CT molecular complexity index is 728. The van der Waals surface area contributed by atoms with Gasteiger partial charge in [0.15, 0.2) is 0 Å². The molecule has 0 aliphatic carbocycles. The molecular weight excluding hydrogens is 376 g/mol. The maximum atomic E-state index is 13.2. The minimum Gasteiger partial charge on any atom is -0.355 e. The van der Waals surface area contributed by atoms with E-state index in [9.17, 15) is 14.5 Å². The summed E-state index contributed by atoms with van der Waals surface area (Å²) >= 11 is 1.87. The van der Waals surface area contributed by atoms with Gasteiger partial charge in [-0.15, -0.1) is 0 Å². The first kappa shape index (κ1) is 14.2. The first-order valence-electron chi connectivity index (χ1n) is 5.42. The van der Waals surface area contributed by atoms with Gasteiger partial charge < -0.3 is 5.32 Å². The van der Waals surface area contributed by atoms with Crippen LogP contribution in [-0.2, 0) is 0 Å². The first-order valence-corrected chi connectivity index (χ1v) is 6.50. The van der Waals surface area contributed by atoms with E-state index in [1.165, 1.54) is 24.3 Å². The molecule has 0 radical (unpaired) electrons. The Hall–Kier alpha value is -2.21. The normalized spacial score (nSPS) is 9.85. The van der Waals surface area contributed by atoms with E-state index in [0.29, 0.717) is 14.9 Å². The van der Waals surface area contributed by atoms with Crippen molar-refractivity contribution in [3.63, 3.8) is 0 Å². The molecule has 20 heavy (non-hydrogen) atoms. The molecule has 100 valence electrons. The zero-order chi connectivity index (χ0) is 14.7. The molecule has 0 amide bonds. The average Bonchev–Trinajstić information content (AvgIpc) is 2.40. The van der Waals surface area contributed by atoms with Crippen LogP contribution in [0.1, 0.15) is 5.56 Å². The van der Waals surface area contributed by atoms with E-state index in [1.54, 1.807) is 18.2 Å². The summed E-state index contributed by atoms with van der Waals surface area (Å²) in [7, 11) is 0. The molecule has 0 bridgehead atoms. The number of hydrogen-bond acceptors (Lipinski definition) is 4. The number of rotatable bonds is 3. The number of hydrogen-bond donors (Lipinski definition) is 1. The monoisotopic (exact) mass is 383 g/mol. The van der Waals surface area contributed by atoms with Crippen LogP contribution in [0.5, 0.6) is 0 Å². The van der Waals surface area contributed by atoms with Crippen molar-refractivity contribution >= 4 is 39.7 Å². The molecule has 0 unspecified atom stereocenters. The van der Waals surface area contributed by atoms with Crippen molar-refractivity contribution in [1.82, 2.24) is 0 Å². The van der Waals surface area contributed by atoms with Crippen molar-refractivity contribution in [3.05, 3.63) is 61.5 Å². The fourth-order valence-electron chi connectivity index (χ4n) is 1.59. The first-order chi connectivity index (χ1) is 9.51. The van der Waals surface area contributed by atoms with Gasteiger partial charge in [-0.25, -0.2) is 4.39 Å². The molecular formula is C13H7FIN3O2. The van der Waals surface area contributed by atoms with Gasteiger partial charge in [-0.3, -0.25) is 10.1 Å². The summed E-state index contributed by atoms with van der Waals surface area (Å²) in [5.41, 5.74) is 1.11. The lowest BCUT2D eigenvalue weighted by molar-refractivity contribution is -0.385. The van der Waals surface area contributed by atoms with Gasteiger partial charge in [0.05, 0.1) is 14.1 Å². The molecule has 0 aliphatic rings. The van der Waals surface area contributed by atoms with Crippen LogP contribution >= 0.6 is 22.6 Å². The summed E-state index contributed by atoms with van der Waals surface area (Å²) in [6, 6.07) is 10.4. The Morgan fingerprint density at radius 3 is 2.50 bits per heavy atom. The summed E-state index contributed by atoms with van der Waals surface area (Å²) in [6.07, 6.45) is 0. The maximum absolute atomic E-state index is 13.2. The van der Waals surface area contributed by atoms with Crippen LogP contribution in [0.2, 0.25) is 0 Å². The molecule has 2 aromatic rings. The van der Waals surface area contributed by atoms with Gasteiger partial charge in [-0.2, -0.15) is 5.26 Å². The smallest absolute Gasteiger partial charge is 0.282 e. The third-order valence-corrected chi connectivity index (χ3v) is 3.38. The Labute approximate surface area is 127 Å². The number of halogens is 2. The molecule has 0 spiro atoms. The number of nitro benzene ring substituents is 1. The summed E-state index contributed by atoms with van der Waals surface area (Å²) in [6.45, 7) is 0. The van der Waals surface area contributed by atoms with E-state index in [-0.39, 0.29) is 11.3 Å². The van der Waals surface area contributed by atoms with Gasteiger partial charge >= 0.3 is 0 Å². The number of nitro groups is 1. The molecule has 1 N–H and O–H groups in total. The van der Waals surface area contributed by atoms with Gasteiger partial charge in [-0.05, 0) is 52.9 Å². The quantitative estimate of drug-likeness (QED) is 0.495. The number of benzene rings is 2. The Morgan fingerprint density at radius 2 is 1.90 bits per heavy atom.